The number of rotatable bonds is 30. The van der Waals surface area contributed by atoms with Gasteiger partial charge in [0.05, 0.1) is 79.3 Å². The Labute approximate surface area is 285 Å². The Bertz CT molecular complexity index is 959. The van der Waals surface area contributed by atoms with Crippen LogP contribution in [0.5, 0.6) is 0 Å². The van der Waals surface area contributed by atoms with Crippen LogP contribution in [-0.2, 0) is 49.2 Å². The fourth-order valence-corrected chi connectivity index (χ4v) is 3.92. The molecule has 276 valence electrons. The van der Waals surface area contributed by atoms with Crippen LogP contribution in [0.2, 0.25) is 0 Å². The van der Waals surface area contributed by atoms with Crippen molar-refractivity contribution < 1.29 is 52.6 Å². The molecule has 4 N–H and O–H groups in total. The number of alkyl carbamates (subject to hydrolysis) is 1. The number of aliphatic hydroxyl groups excluding tert-OH is 1. The smallest absolute Gasteiger partial charge is 0.407 e. The lowest BCUT2D eigenvalue weighted by Crippen LogP contribution is -2.34. The molecule has 0 aliphatic rings. The van der Waals surface area contributed by atoms with Gasteiger partial charge in [-0.05, 0) is 57.7 Å². The number of nitrogens with one attached hydrogen (secondary N) is 3. The molecule has 1 aromatic carbocycles. The molecule has 0 atom stereocenters. The van der Waals surface area contributed by atoms with Crippen LogP contribution in [-0.4, -0.2) is 128 Å². The van der Waals surface area contributed by atoms with Gasteiger partial charge in [0.2, 0.25) is 11.8 Å². The van der Waals surface area contributed by atoms with Crippen LogP contribution in [0.1, 0.15) is 58.4 Å². The van der Waals surface area contributed by atoms with E-state index in [-0.39, 0.29) is 24.8 Å². The summed E-state index contributed by atoms with van der Waals surface area (Å²) in [5.41, 5.74) is 1.25. The number of unbranched alkanes of at least 4 members (excludes halogenated alkanes) is 2. The van der Waals surface area contributed by atoms with Crippen LogP contribution in [0.15, 0.2) is 24.3 Å². The molecule has 0 aliphatic carbocycles. The molecule has 0 saturated heterocycles. The maximum Gasteiger partial charge on any atom is 0.407 e. The fourth-order valence-electron chi connectivity index (χ4n) is 3.92. The van der Waals surface area contributed by atoms with Gasteiger partial charge in [-0.3, -0.25) is 9.59 Å². The van der Waals surface area contributed by atoms with Crippen molar-refractivity contribution in [2.45, 2.75) is 64.9 Å². The van der Waals surface area contributed by atoms with E-state index in [4.69, 9.17) is 38.3 Å². The Morgan fingerprint density at radius 3 is 1.65 bits per heavy atom. The Balaban J connectivity index is 1.76. The molecule has 0 aromatic heterocycles. The van der Waals surface area contributed by atoms with E-state index in [1.165, 1.54) is 0 Å². The maximum absolute atomic E-state index is 12.1. The van der Waals surface area contributed by atoms with Crippen molar-refractivity contribution in [1.82, 2.24) is 10.6 Å². The van der Waals surface area contributed by atoms with Gasteiger partial charge < -0.3 is 54.2 Å². The molecule has 3 amide bonds. The predicted octanol–water partition coefficient (Wildman–Crippen LogP) is 2.85. The van der Waals surface area contributed by atoms with Crippen molar-refractivity contribution in [2.75, 3.05) is 104 Å². The third-order valence-electron chi connectivity index (χ3n) is 6.29. The SMILES string of the molecule is CC(C)(C)OC(=O)NCCOCCOCCOCCOCCOCCOCCC(=O)NCCCCCC(=O)Nc1ccc(CCO)cc1. The van der Waals surface area contributed by atoms with Gasteiger partial charge in [-0.15, -0.1) is 0 Å². The van der Waals surface area contributed by atoms with Crippen LogP contribution in [0.25, 0.3) is 0 Å². The number of aliphatic hydroxyl groups is 1. The van der Waals surface area contributed by atoms with Crippen LogP contribution >= 0.6 is 0 Å². The summed E-state index contributed by atoms with van der Waals surface area (Å²) in [4.78, 5) is 35.5. The quantitative estimate of drug-likeness (QED) is 0.0878. The van der Waals surface area contributed by atoms with Crippen LogP contribution in [0.4, 0.5) is 10.5 Å². The molecular weight excluding hydrogens is 626 g/mol. The number of amides is 3. The zero-order chi connectivity index (χ0) is 35.1. The minimum absolute atomic E-state index is 0.0324. The molecule has 1 aromatic rings. The van der Waals surface area contributed by atoms with Gasteiger partial charge in [-0.25, -0.2) is 4.79 Å². The minimum atomic E-state index is -0.520. The third kappa shape index (κ3) is 28.2. The molecule has 1 rings (SSSR count). The van der Waals surface area contributed by atoms with Crippen molar-refractivity contribution in [1.29, 1.82) is 0 Å². The topological polar surface area (TPSA) is 172 Å². The molecule has 14 heteroatoms. The lowest BCUT2D eigenvalue weighted by Gasteiger charge is -2.19. The molecule has 0 heterocycles. The fraction of sp³-hybridized carbons (Fsp3) is 0.735. The predicted molar refractivity (Wildman–Crippen MR) is 181 cm³/mol. The van der Waals surface area contributed by atoms with Gasteiger partial charge in [0.1, 0.15) is 5.60 Å². The summed E-state index contributed by atoms with van der Waals surface area (Å²) in [6.45, 7) is 11.6. The van der Waals surface area contributed by atoms with Gasteiger partial charge >= 0.3 is 6.09 Å². The van der Waals surface area contributed by atoms with E-state index in [9.17, 15) is 14.4 Å². The lowest BCUT2D eigenvalue weighted by molar-refractivity contribution is -0.122. The van der Waals surface area contributed by atoms with Crippen molar-refractivity contribution in [3.8, 4) is 0 Å². The highest BCUT2D eigenvalue weighted by Crippen LogP contribution is 2.11. The number of carbonyl (C=O) groups is 3. The first-order valence-electron chi connectivity index (χ1n) is 16.9. The van der Waals surface area contributed by atoms with Gasteiger partial charge in [0.15, 0.2) is 0 Å². The molecule has 0 bridgehead atoms. The number of benzene rings is 1. The number of anilines is 1. The largest absolute Gasteiger partial charge is 0.444 e. The number of hydrogen-bond donors (Lipinski definition) is 4. The van der Waals surface area contributed by atoms with Gasteiger partial charge in [-0.1, -0.05) is 18.6 Å². The standard InChI is InChI=1S/C34H59N3O11/c1-34(2,3)48-33(41)36-15-18-43-20-22-45-24-26-47-28-27-46-25-23-44-21-19-42-17-13-31(39)35-14-6-4-5-7-32(40)37-30-10-8-29(9-11-30)12-16-38/h8-11,38H,4-7,12-28H2,1-3H3,(H,35,39)(H,36,41)(H,37,40). The summed E-state index contributed by atoms with van der Waals surface area (Å²) >= 11 is 0. The second kappa shape index (κ2) is 29.1. The van der Waals surface area contributed by atoms with E-state index < -0.39 is 11.7 Å². The Kier molecular flexibility index (Phi) is 26.2. The summed E-state index contributed by atoms with van der Waals surface area (Å²) in [5.74, 6) is -0.0916. The molecule has 14 nitrogen and oxygen atoms in total. The monoisotopic (exact) mass is 685 g/mol. The summed E-state index contributed by atoms with van der Waals surface area (Å²) in [7, 11) is 0. The molecular formula is C34H59N3O11. The zero-order valence-electron chi connectivity index (χ0n) is 29.2. The van der Waals surface area contributed by atoms with E-state index in [0.29, 0.717) is 105 Å². The Hall–Kier alpha value is -2.85. The average molecular weight is 686 g/mol. The molecule has 0 radical (unpaired) electrons. The Morgan fingerprint density at radius 1 is 0.604 bits per heavy atom. The van der Waals surface area contributed by atoms with E-state index in [1.54, 1.807) is 0 Å². The highest BCUT2D eigenvalue weighted by molar-refractivity contribution is 5.90. The second-order valence-electron chi connectivity index (χ2n) is 11.7. The number of carbonyl (C=O) groups excluding carboxylic acids is 3. The molecule has 0 saturated carbocycles. The van der Waals surface area contributed by atoms with Crippen molar-refractivity contribution >= 4 is 23.6 Å². The van der Waals surface area contributed by atoms with Gasteiger partial charge in [0.25, 0.3) is 0 Å². The van der Waals surface area contributed by atoms with Crippen LogP contribution in [0.3, 0.4) is 0 Å². The summed E-state index contributed by atoms with van der Waals surface area (Å²) in [6.07, 6.45) is 3.26. The normalized spacial score (nSPS) is 11.3. The minimum Gasteiger partial charge on any atom is -0.444 e. The molecule has 0 aliphatic heterocycles. The second-order valence-corrected chi connectivity index (χ2v) is 11.7. The third-order valence-corrected chi connectivity index (χ3v) is 6.29. The highest BCUT2D eigenvalue weighted by atomic mass is 16.6. The molecule has 48 heavy (non-hydrogen) atoms. The van der Waals surface area contributed by atoms with Gasteiger partial charge in [0, 0.05) is 38.2 Å². The van der Waals surface area contributed by atoms with Crippen molar-refractivity contribution in [3.05, 3.63) is 29.8 Å². The van der Waals surface area contributed by atoms with Gasteiger partial charge in [-0.2, -0.15) is 0 Å². The number of hydrogen-bond acceptors (Lipinski definition) is 11. The first-order chi connectivity index (χ1) is 23.2. The average Bonchev–Trinajstić information content (AvgIpc) is 3.03. The first-order valence-corrected chi connectivity index (χ1v) is 16.9. The zero-order valence-corrected chi connectivity index (χ0v) is 29.2. The molecule has 0 fully saturated rings. The highest BCUT2D eigenvalue weighted by Gasteiger charge is 2.15. The van der Waals surface area contributed by atoms with Crippen LogP contribution in [0, 0.1) is 0 Å². The lowest BCUT2D eigenvalue weighted by atomic mass is 10.1. The first kappa shape index (κ1) is 43.2. The van der Waals surface area contributed by atoms with Crippen LogP contribution < -0.4 is 16.0 Å². The van der Waals surface area contributed by atoms with E-state index in [1.807, 2.05) is 45.0 Å². The Morgan fingerprint density at radius 2 is 1.12 bits per heavy atom. The summed E-state index contributed by atoms with van der Waals surface area (Å²) in [5, 5.41) is 17.3. The van der Waals surface area contributed by atoms with E-state index in [0.717, 1.165) is 30.5 Å². The van der Waals surface area contributed by atoms with E-state index >= 15 is 0 Å². The molecule has 0 unspecified atom stereocenters. The summed E-state index contributed by atoms with van der Waals surface area (Å²) in [6, 6.07) is 7.46. The van der Waals surface area contributed by atoms with Crippen molar-refractivity contribution in [2.24, 2.45) is 0 Å². The summed E-state index contributed by atoms with van der Waals surface area (Å²) < 4.78 is 37.8. The number of ether oxygens (including phenoxy) is 7. The van der Waals surface area contributed by atoms with E-state index in [2.05, 4.69) is 16.0 Å². The van der Waals surface area contributed by atoms with Crippen molar-refractivity contribution in [3.63, 3.8) is 0 Å². The maximum atomic E-state index is 12.1. The molecule has 0 spiro atoms.